The first-order chi connectivity index (χ1) is 17.3. The molecule has 0 aliphatic rings. The molecule has 6 heteroatoms. The molecule has 0 radical (unpaired) electrons. The van der Waals surface area contributed by atoms with Gasteiger partial charge in [-0.25, -0.2) is 9.78 Å². The molecule has 0 spiro atoms. The van der Waals surface area contributed by atoms with Crippen molar-refractivity contribution >= 4 is 33.5 Å². The van der Waals surface area contributed by atoms with Crippen LogP contribution in [0.4, 0.5) is 0 Å². The molecule has 168 valence electrons. The Labute approximate surface area is 205 Å². The molecule has 5 nitrogen and oxygen atoms in total. The molecular formula is C29H19N3O2S. The van der Waals surface area contributed by atoms with E-state index in [9.17, 15) is 4.79 Å². The maximum Gasteiger partial charge on any atom is 0.336 e. The fraction of sp³-hybridized carbons (Fsp3) is 0.0345. The molecule has 6 rings (SSSR count). The van der Waals surface area contributed by atoms with Crippen molar-refractivity contribution in [2.75, 3.05) is 0 Å². The highest BCUT2D eigenvalue weighted by Gasteiger charge is 2.15. The van der Waals surface area contributed by atoms with E-state index in [1.807, 2.05) is 91.0 Å². The Morgan fingerprint density at radius 3 is 2.17 bits per heavy atom. The zero-order valence-corrected chi connectivity index (χ0v) is 19.4. The molecule has 0 atom stereocenters. The van der Waals surface area contributed by atoms with Gasteiger partial charge in [-0.3, -0.25) is 0 Å². The number of rotatable bonds is 5. The summed E-state index contributed by atoms with van der Waals surface area (Å²) >= 11 is 1.45. The third kappa shape index (κ3) is 4.20. The van der Waals surface area contributed by atoms with Gasteiger partial charge in [0.1, 0.15) is 17.0 Å². The van der Waals surface area contributed by atoms with Crippen LogP contribution in [0, 0.1) is 0 Å². The Balaban J connectivity index is 1.42. The molecule has 0 aliphatic carbocycles. The van der Waals surface area contributed by atoms with Crippen LogP contribution in [0.2, 0.25) is 0 Å². The number of aromatic nitrogens is 3. The van der Waals surface area contributed by atoms with E-state index < -0.39 is 0 Å². The highest BCUT2D eigenvalue weighted by atomic mass is 32.2. The minimum Gasteiger partial charge on any atom is -0.423 e. The maximum absolute atomic E-state index is 12.3. The van der Waals surface area contributed by atoms with E-state index in [1.165, 1.54) is 11.8 Å². The zero-order valence-electron chi connectivity index (χ0n) is 18.6. The fourth-order valence-corrected chi connectivity index (χ4v) is 5.00. The van der Waals surface area contributed by atoms with Gasteiger partial charge in [0.2, 0.25) is 5.16 Å². The van der Waals surface area contributed by atoms with Crippen molar-refractivity contribution in [3.8, 4) is 22.5 Å². The van der Waals surface area contributed by atoms with Gasteiger partial charge in [-0.1, -0.05) is 103 Å². The summed E-state index contributed by atoms with van der Waals surface area (Å²) < 4.78 is 5.50. The number of benzene rings is 4. The van der Waals surface area contributed by atoms with E-state index in [1.54, 1.807) is 6.07 Å². The minimum atomic E-state index is -0.369. The van der Waals surface area contributed by atoms with E-state index in [0.717, 1.165) is 44.2 Å². The summed E-state index contributed by atoms with van der Waals surface area (Å²) in [6.07, 6.45) is 0. The van der Waals surface area contributed by atoms with Gasteiger partial charge in [-0.2, -0.15) is 0 Å². The van der Waals surface area contributed by atoms with Gasteiger partial charge in [0.05, 0.1) is 0 Å². The van der Waals surface area contributed by atoms with Gasteiger partial charge in [0.15, 0.2) is 0 Å². The third-order valence-corrected chi connectivity index (χ3v) is 6.72. The molecule has 35 heavy (non-hydrogen) atoms. The molecule has 0 bridgehead atoms. The summed E-state index contributed by atoms with van der Waals surface area (Å²) in [7, 11) is 0. The fourth-order valence-electron chi connectivity index (χ4n) is 4.24. The number of hydrogen-bond donors (Lipinski definition) is 0. The van der Waals surface area contributed by atoms with Crippen molar-refractivity contribution in [3.05, 3.63) is 119 Å². The van der Waals surface area contributed by atoms with Gasteiger partial charge < -0.3 is 4.42 Å². The van der Waals surface area contributed by atoms with Gasteiger partial charge in [-0.15, -0.1) is 10.2 Å². The van der Waals surface area contributed by atoms with Crippen LogP contribution < -0.4 is 5.63 Å². The predicted octanol–water partition coefficient (Wildman–Crippen LogP) is 6.76. The van der Waals surface area contributed by atoms with Crippen molar-refractivity contribution in [2.24, 2.45) is 0 Å². The van der Waals surface area contributed by atoms with Gasteiger partial charge in [-0.05, 0) is 22.4 Å². The van der Waals surface area contributed by atoms with Crippen molar-refractivity contribution in [3.63, 3.8) is 0 Å². The molecule has 6 aromatic rings. The lowest BCUT2D eigenvalue weighted by Gasteiger charge is -2.10. The molecule has 0 amide bonds. The first-order valence-corrected chi connectivity index (χ1v) is 12.2. The van der Waals surface area contributed by atoms with Gasteiger partial charge in [0, 0.05) is 28.3 Å². The Bertz CT molecular complexity index is 1720. The second-order valence-electron chi connectivity index (χ2n) is 8.06. The van der Waals surface area contributed by atoms with Crippen LogP contribution in [-0.4, -0.2) is 15.2 Å². The lowest BCUT2D eigenvalue weighted by molar-refractivity contribution is 0.560. The summed E-state index contributed by atoms with van der Waals surface area (Å²) in [4.78, 5) is 17.2. The summed E-state index contributed by atoms with van der Waals surface area (Å²) in [5.41, 5.74) is 4.54. The average Bonchev–Trinajstić information content (AvgIpc) is 2.92. The highest BCUT2D eigenvalue weighted by molar-refractivity contribution is 7.98. The monoisotopic (exact) mass is 473 g/mol. The van der Waals surface area contributed by atoms with Gasteiger partial charge in [0.25, 0.3) is 0 Å². The van der Waals surface area contributed by atoms with E-state index in [-0.39, 0.29) is 5.63 Å². The topological polar surface area (TPSA) is 68.9 Å². The van der Waals surface area contributed by atoms with Crippen molar-refractivity contribution < 1.29 is 4.42 Å². The molecule has 2 heterocycles. The molecule has 0 saturated carbocycles. The molecule has 4 aromatic carbocycles. The predicted molar refractivity (Wildman–Crippen MR) is 140 cm³/mol. The van der Waals surface area contributed by atoms with Crippen LogP contribution >= 0.6 is 11.8 Å². The quantitative estimate of drug-likeness (QED) is 0.157. The smallest absolute Gasteiger partial charge is 0.336 e. The van der Waals surface area contributed by atoms with E-state index in [2.05, 4.69) is 16.3 Å². The Morgan fingerprint density at radius 2 is 1.40 bits per heavy atom. The molecule has 0 unspecified atom stereocenters. The summed E-state index contributed by atoms with van der Waals surface area (Å²) in [6, 6.07) is 33.4. The van der Waals surface area contributed by atoms with Crippen molar-refractivity contribution in [1.29, 1.82) is 0 Å². The largest absolute Gasteiger partial charge is 0.423 e. The third-order valence-electron chi connectivity index (χ3n) is 5.83. The van der Waals surface area contributed by atoms with Crippen LogP contribution in [0.15, 0.2) is 117 Å². The molecule has 0 fully saturated rings. The molecule has 2 aromatic heterocycles. The van der Waals surface area contributed by atoms with Crippen LogP contribution in [0.25, 0.3) is 44.3 Å². The number of nitrogens with zero attached hydrogens (tertiary/aromatic N) is 3. The second-order valence-corrected chi connectivity index (χ2v) is 9.01. The Hall–Kier alpha value is -4.29. The van der Waals surface area contributed by atoms with Crippen LogP contribution in [0.1, 0.15) is 5.56 Å². The first kappa shape index (κ1) is 21.3. The van der Waals surface area contributed by atoms with E-state index >= 15 is 0 Å². The lowest BCUT2D eigenvalue weighted by Crippen LogP contribution is -2.02. The Kier molecular flexibility index (Phi) is 5.56. The zero-order chi connectivity index (χ0) is 23.6. The Morgan fingerprint density at radius 1 is 0.714 bits per heavy atom. The molecule has 0 aliphatic heterocycles. The number of hydrogen-bond acceptors (Lipinski definition) is 6. The average molecular weight is 474 g/mol. The molecular weight excluding hydrogens is 454 g/mol. The summed E-state index contributed by atoms with van der Waals surface area (Å²) in [5.74, 6) is 0.511. The van der Waals surface area contributed by atoms with Crippen LogP contribution in [0.5, 0.6) is 0 Å². The van der Waals surface area contributed by atoms with Crippen LogP contribution in [-0.2, 0) is 5.75 Å². The number of thioether (sulfide) groups is 1. The normalized spacial score (nSPS) is 11.2. The van der Waals surface area contributed by atoms with Crippen LogP contribution in [0.3, 0.4) is 0 Å². The summed E-state index contributed by atoms with van der Waals surface area (Å²) in [5, 5.41) is 12.6. The minimum absolute atomic E-state index is 0.369. The molecule has 0 saturated heterocycles. The summed E-state index contributed by atoms with van der Waals surface area (Å²) in [6.45, 7) is 0. The maximum atomic E-state index is 12.3. The number of fused-ring (bicyclic) bond motifs is 3. The molecule has 0 N–H and O–H groups in total. The SMILES string of the molecule is O=c1cc(CSc2nnc(-c3ccccc3)c(-c3ccccc3)n2)c2c(ccc3ccccc32)o1. The van der Waals surface area contributed by atoms with Crippen molar-refractivity contribution in [1.82, 2.24) is 15.2 Å². The van der Waals surface area contributed by atoms with Crippen molar-refractivity contribution in [2.45, 2.75) is 10.9 Å². The second kappa shape index (κ2) is 9.16. The van der Waals surface area contributed by atoms with E-state index in [0.29, 0.717) is 16.5 Å². The highest BCUT2D eigenvalue weighted by Crippen LogP contribution is 2.33. The lowest BCUT2D eigenvalue weighted by atomic mass is 10.0. The first-order valence-electron chi connectivity index (χ1n) is 11.2. The standard InChI is InChI=1S/C29H19N3O2S/c33-25-17-22(26-23-14-8-7-9-19(23)15-16-24(26)34-25)18-35-29-30-27(20-10-3-1-4-11-20)28(31-32-29)21-12-5-2-6-13-21/h1-17H,18H2. The van der Waals surface area contributed by atoms with Gasteiger partial charge >= 0.3 is 5.63 Å². The van der Waals surface area contributed by atoms with E-state index in [4.69, 9.17) is 9.40 Å².